The lowest BCUT2D eigenvalue weighted by Gasteiger charge is -2.19. The summed E-state index contributed by atoms with van der Waals surface area (Å²) < 4.78 is 0. The maximum absolute atomic E-state index is 12.4. The number of aromatic nitrogens is 2. The van der Waals surface area contributed by atoms with Crippen LogP contribution in [-0.4, -0.2) is 57.2 Å². The molecule has 170 valence electrons. The van der Waals surface area contributed by atoms with Gasteiger partial charge in [-0.15, -0.1) is 0 Å². The van der Waals surface area contributed by atoms with Gasteiger partial charge in [-0.3, -0.25) is 19.4 Å². The molecule has 0 aliphatic carbocycles. The van der Waals surface area contributed by atoms with Crippen molar-refractivity contribution >= 4 is 35.3 Å². The lowest BCUT2D eigenvalue weighted by molar-refractivity contribution is -0.140. The van der Waals surface area contributed by atoms with Crippen LogP contribution >= 0.6 is 0 Å². The molecule has 0 saturated carbocycles. The first-order valence-corrected chi connectivity index (χ1v) is 9.91. The van der Waals surface area contributed by atoms with Gasteiger partial charge in [0, 0.05) is 36.7 Å². The van der Waals surface area contributed by atoms with E-state index < -0.39 is 23.9 Å². The number of hydrogen-bond donors (Lipinski definition) is 6. The van der Waals surface area contributed by atoms with Crippen LogP contribution in [-0.2, 0) is 9.59 Å². The van der Waals surface area contributed by atoms with Crippen molar-refractivity contribution in [3.8, 4) is 0 Å². The number of H-pyrrole nitrogens is 1. The summed E-state index contributed by atoms with van der Waals surface area (Å²) >= 11 is 0. The monoisotopic (exact) mass is 444 g/mol. The second-order valence-corrected chi connectivity index (χ2v) is 7.53. The second kappa shape index (κ2) is 9.37. The van der Waals surface area contributed by atoms with Crippen molar-refractivity contribution in [2.24, 2.45) is 0 Å². The lowest BCUT2D eigenvalue weighted by Crippen LogP contribution is -2.41. The topological polar surface area (TPSA) is 205 Å². The quantitative estimate of drug-likeness (QED) is 0.321. The highest BCUT2D eigenvalue weighted by atomic mass is 16.4. The van der Waals surface area contributed by atoms with Crippen molar-refractivity contribution in [1.82, 2.24) is 15.3 Å². The number of carbonyl (C=O) groups excluding carboxylic acids is 1. The van der Waals surface area contributed by atoms with E-state index in [-0.39, 0.29) is 41.6 Å². The first kappa shape index (κ1) is 22.6. The highest BCUT2D eigenvalue weighted by Crippen LogP contribution is 2.31. The van der Waals surface area contributed by atoms with Gasteiger partial charge >= 0.3 is 11.9 Å². The van der Waals surface area contributed by atoms with Crippen LogP contribution in [0.1, 0.15) is 41.1 Å². The Balaban J connectivity index is 1.66. The Morgan fingerprint density at radius 1 is 1.22 bits per heavy atom. The molecule has 12 heteroatoms. The molecular formula is C20H24N6O6. The molecule has 1 saturated heterocycles. The molecule has 1 fully saturated rings. The molecule has 1 amide bonds. The molecule has 2 aromatic rings. The number of carbonyl (C=O) groups is 3. The number of aliphatic carboxylic acids is 2. The van der Waals surface area contributed by atoms with Crippen molar-refractivity contribution in [3.63, 3.8) is 0 Å². The minimum atomic E-state index is -1.30. The number of aromatic amines is 1. The van der Waals surface area contributed by atoms with Gasteiger partial charge in [0.2, 0.25) is 5.95 Å². The van der Waals surface area contributed by atoms with Crippen molar-refractivity contribution in [2.75, 3.05) is 29.5 Å². The molecule has 1 unspecified atom stereocenters. The van der Waals surface area contributed by atoms with Gasteiger partial charge < -0.3 is 31.9 Å². The van der Waals surface area contributed by atoms with Gasteiger partial charge in [0.1, 0.15) is 11.9 Å². The summed E-state index contributed by atoms with van der Waals surface area (Å²) in [6.45, 7) is 1.19. The van der Waals surface area contributed by atoms with Crippen molar-refractivity contribution in [3.05, 3.63) is 45.7 Å². The number of nitrogens with zero attached hydrogens (tertiary/aromatic N) is 2. The predicted octanol–water partition coefficient (Wildman–Crippen LogP) is -0.0240. The Labute approximate surface area is 182 Å². The number of carboxylic acid groups (broad SMARTS) is 2. The van der Waals surface area contributed by atoms with Crippen LogP contribution in [0.4, 0.5) is 17.5 Å². The number of nitrogens with two attached hydrogens (primary N) is 2. The average molecular weight is 444 g/mol. The summed E-state index contributed by atoms with van der Waals surface area (Å²) in [7, 11) is 0. The Morgan fingerprint density at radius 2 is 1.91 bits per heavy atom. The molecular weight excluding hydrogens is 420 g/mol. The van der Waals surface area contributed by atoms with Crippen molar-refractivity contribution in [2.45, 2.75) is 31.2 Å². The van der Waals surface area contributed by atoms with E-state index in [0.717, 1.165) is 5.69 Å². The molecule has 1 aliphatic rings. The van der Waals surface area contributed by atoms with Gasteiger partial charge in [0.15, 0.2) is 0 Å². The molecule has 8 N–H and O–H groups in total. The van der Waals surface area contributed by atoms with Crippen LogP contribution in [0.25, 0.3) is 0 Å². The molecule has 32 heavy (non-hydrogen) atoms. The molecule has 2 atom stereocenters. The third kappa shape index (κ3) is 5.14. The Kier molecular flexibility index (Phi) is 6.61. The fourth-order valence-electron chi connectivity index (χ4n) is 3.73. The number of rotatable bonds is 8. The predicted molar refractivity (Wildman–Crippen MR) is 115 cm³/mol. The Bertz CT molecular complexity index is 1080. The standard InChI is InChI=1S/C20H24N6O6/c21-16-15(18(30)25-20(22)24-16)11-7-8-26(9-11)12-3-1-10(2-4-12)17(29)23-13(19(31)32)5-6-14(27)28/h1-4,11,13H,5-9H2,(H,23,29)(H,27,28)(H,31,32)(H5,21,22,24,25,30)/t11?,13-/m0/s1. The van der Waals surface area contributed by atoms with E-state index in [0.29, 0.717) is 25.1 Å². The summed E-state index contributed by atoms with van der Waals surface area (Å²) in [6, 6.07) is 5.26. The number of nitrogen functional groups attached to an aromatic ring is 2. The van der Waals surface area contributed by atoms with E-state index in [1.165, 1.54) is 0 Å². The third-order valence-electron chi connectivity index (χ3n) is 5.34. The number of carboxylic acids is 2. The zero-order valence-electron chi connectivity index (χ0n) is 17.1. The molecule has 1 aliphatic heterocycles. The van der Waals surface area contributed by atoms with Crippen molar-refractivity contribution < 1.29 is 24.6 Å². The van der Waals surface area contributed by atoms with E-state index >= 15 is 0 Å². The SMILES string of the molecule is Nc1nc(N)c(C2CCN(c3ccc(C(=O)N[C@@H](CCC(=O)O)C(=O)O)cc3)C2)c(=O)[nH]1. The Hall–Kier alpha value is -4.09. The minimum Gasteiger partial charge on any atom is -0.481 e. The van der Waals surface area contributed by atoms with Gasteiger partial charge in [-0.25, -0.2) is 4.79 Å². The number of hydrogen-bond acceptors (Lipinski definition) is 8. The molecule has 1 aromatic heterocycles. The van der Waals surface area contributed by atoms with E-state index in [2.05, 4.69) is 15.3 Å². The molecule has 0 bridgehead atoms. The fraction of sp³-hybridized carbons (Fsp3) is 0.350. The number of anilines is 3. The van der Waals surface area contributed by atoms with E-state index in [1.54, 1.807) is 24.3 Å². The van der Waals surface area contributed by atoms with Gasteiger partial charge in [0.05, 0.1) is 5.56 Å². The first-order chi connectivity index (χ1) is 15.2. The molecule has 2 heterocycles. The molecule has 1 aromatic carbocycles. The fourth-order valence-corrected chi connectivity index (χ4v) is 3.73. The third-order valence-corrected chi connectivity index (χ3v) is 5.34. The van der Waals surface area contributed by atoms with Crippen LogP contribution in [0.3, 0.4) is 0 Å². The van der Waals surface area contributed by atoms with Crippen LogP contribution in [0.15, 0.2) is 29.1 Å². The molecule has 0 spiro atoms. The largest absolute Gasteiger partial charge is 0.481 e. The van der Waals surface area contributed by atoms with Gasteiger partial charge in [0.25, 0.3) is 11.5 Å². The molecule has 0 radical (unpaired) electrons. The highest BCUT2D eigenvalue weighted by molar-refractivity contribution is 5.97. The summed E-state index contributed by atoms with van der Waals surface area (Å²) in [5.74, 6) is -3.10. The van der Waals surface area contributed by atoms with Crippen LogP contribution in [0.5, 0.6) is 0 Å². The molecule has 3 rings (SSSR count). The first-order valence-electron chi connectivity index (χ1n) is 9.91. The number of benzene rings is 1. The Morgan fingerprint density at radius 3 is 2.50 bits per heavy atom. The maximum Gasteiger partial charge on any atom is 0.326 e. The van der Waals surface area contributed by atoms with E-state index in [4.69, 9.17) is 16.6 Å². The summed E-state index contributed by atoms with van der Waals surface area (Å²) in [5, 5.41) is 20.2. The maximum atomic E-state index is 12.4. The molecule has 12 nitrogen and oxygen atoms in total. The zero-order valence-corrected chi connectivity index (χ0v) is 17.1. The van der Waals surface area contributed by atoms with E-state index in [9.17, 15) is 24.3 Å². The van der Waals surface area contributed by atoms with E-state index in [1.807, 2.05) is 4.90 Å². The van der Waals surface area contributed by atoms with Gasteiger partial charge in [-0.2, -0.15) is 4.98 Å². The average Bonchev–Trinajstić information content (AvgIpc) is 3.19. The summed E-state index contributed by atoms with van der Waals surface area (Å²) in [6.07, 6.45) is 0.0973. The normalized spacial score (nSPS) is 16.5. The van der Waals surface area contributed by atoms with Crippen LogP contribution in [0, 0.1) is 0 Å². The minimum absolute atomic E-state index is 0.0342. The van der Waals surface area contributed by atoms with Crippen LogP contribution in [0.2, 0.25) is 0 Å². The second-order valence-electron chi connectivity index (χ2n) is 7.53. The smallest absolute Gasteiger partial charge is 0.326 e. The van der Waals surface area contributed by atoms with Gasteiger partial charge in [-0.1, -0.05) is 0 Å². The van der Waals surface area contributed by atoms with Gasteiger partial charge in [-0.05, 0) is 37.1 Å². The van der Waals surface area contributed by atoms with Crippen LogP contribution < -0.4 is 27.2 Å². The zero-order chi connectivity index (χ0) is 23.4. The van der Waals surface area contributed by atoms with Crippen molar-refractivity contribution in [1.29, 1.82) is 0 Å². The highest BCUT2D eigenvalue weighted by Gasteiger charge is 2.29. The number of nitrogens with one attached hydrogen (secondary N) is 2. The number of amides is 1. The lowest BCUT2D eigenvalue weighted by atomic mass is 10.0. The summed E-state index contributed by atoms with van der Waals surface area (Å²) in [4.78, 5) is 55.0. The summed E-state index contributed by atoms with van der Waals surface area (Å²) in [5.41, 5.74) is 12.5.